The third-order valence-corrected chi connectivity index (χ3v) is 2.63. The summed E-state index contributed by atoms with van der Waals surface area (Å²) < 4.78 is 29.2. The fraction of sp³-hybridized carbons (Fsp3) is 0. The molecular formula is C7H6ClNO4S. The zero-order chi connectivity index (χ0) is 10.8. The molecule has 76 valence electrons. The predicted octanol–water partition coefficient (Wildman–Crippen LogP) is 1.09. The first-order valence-corrected chi connectivity index (χ1v) is 5.19. The van der Waals surface area contributed by atoms with E-state index in [0.29, 0.717) is 0 Å². The van der Waals surface area contributed by atoms with Gasteiger partial charge in [0.2, 0.25) is 0 Å². The average molecular weight is 236 g/mol. The van der Waals surface area contributed by atoms with Gasteiger partial charge in [0.05, 0.1) is 0 Å². The predicted molar refractivity (Wildman–Crippen MR) is 50.0 cm³/mol. The van der Waals surface area contributed by atoms with E-state index in [-0.39, 0.29) is 9.39 Å². The molecule has 0 saturated carbocycles. The lowest BCUT2D eigenvalue weighted by Gasteiger charge is -2.08. The molecule has 0 unspecified atom stereocenters. The molecule has 0 radical (unpaired) electrons. The SMILES string of the molecule is O=C(c1ccccc1)N(Cl)S(=O)(=O)O. The van der Waals surface area contributed by atoms with Crippen molar-refractivity contribution in [2.75, 3.05) is 0 Å². The lowest BCUT2D eigenvalue weighted by atomic mass is 10.2. The van der Waals surface area contributed by atoms with Crippen LogP contribution in [0.15, 0.2) is 30.3 Å². The maximum absolute atomic E-state index is 11.2. The lowest BCUT2D eigenvalue weighted by Crippen LogP contribution is -2.27. The van der Waals surface area contributed by atoms with Crippen LogP contribution in [0.3, 0.4) is 0 Å². The van der Waals surface area contributed by atoms with Gasteiger partial charge in [-0.05, 0) is 12.1 Å². The number of hydrogen-bond acceptors (Lipinski definition) is 3. The molecule has 1 N–H and O–H groups in total. The van der Waals surface area contributed by atoms with E-state index in [9.17, 15) is 13.2 Å². The van der Waals surface area contributed by atoms with Crippen LogP contribution in [-0.2, 0) is 10.3 Å². The maximum atomic E-state index is 11.2. The second-order valence-corrected chi connectivity index (χ2v) is 4.16. The largest absolute Gasteiger partial charge is 0.376 e. The third kappa shape index (κ3) is 2.44. The molecule has 0 bridgehead atoms. The van der Waals surface area contributed by atoms with Crippen molar-refractivity contribution in [3.63, 3.8) is 0 Å². The maximum Gasteiger partial charge on any atom is 0.376 e. The smallest absolute Gasteiger partial charge is 0.268 e. The first kappa shape index (κ1) is 11.0. The minimum Gasteiger partial charge on any atom is -0.268 e. The van der Waals surface area contributed by atoms with Gasteiger partial charge in [0.15, 0.2) is 0 Å². The molecule has 0 spiro atoms. The van der Waals surface area contributed by atoms with Crippen molar-refractivity contribution in [3.8, 4) is 0 Å². The highest BCUT2D eigenvalue weighted by atomic mass is 35.5. The van der Waals surface area contributed by atoms with E-state index >= 15 is 0 Å². The Hall–Kier alpha value is -1.11. The van der Waals surface area contributed by atoms with Crippen molar-refractivity contribution in [2.45, 2.75) is 0 Å². The van der Waals surface area contributed by atoms with Crippen LogP contribution < -0.4 is 0 Å². The first-order valence-electron chi connectivity index (χ1n) is 3.46. The van der Waals surface area contributed by atoms with Gasteiger partial charge in [-0.2, -0.15) is 8.42 Å². The van der Waals surface area contributed by atoms with Gasteiger partial charge in [0, 0.05) is 17.3 Å². The van der Waals surface area contributed by atoms with Crippen LogP contribution >= 0.6 is 11.8 Å². The summed E-state index contributed by atoms with van der Waals surface area (Å²) >= 11 is 5.09. The normalized spacial score (nSPS) is 11.0. The van der Waals surface area contributed by atoms with E-state index in [1.165, 1.54) is 12.1 Å². The molecule has 1 aromatic rings. The summed E-state index contributed by atoms with van der Waals surface area (Å²) in [7, 11) is -4.70. The molecule has 14 heavy (non-hydrogen) atoms. The molecule has 0 saturated heterocycles. The van der Waals surface area contributed by atoms with Crippen LogP contribution in [0.2, 0.25) is 0 Å². The summed E-state index contributed by atoms with van der Waals surface area (Å²) in [6.07, 6.45) is 0. The zero-order valence-corrected chi connectivity index (χ0v) is 8.36. The highest BCUT2D eigenvalue weighted by Gasteiger charge is 2.24. The topological polar surface area (TPSA) is 74.7 Å². The van der Waals surface area contributed by atoms with Gasteiger partial charge < -0.3 is 0 Å². The molecular weight excluding hydrogens is 230 g/mol. The summed E-state index contributed by atoms with van der Waals surface area (Å²) in [5.74, 6) is -1.00. The first-order chi connectivity index (χ1) is 6.43. The number of nitrogens with zero attached hydrogens (tertiary/aromatic N) is 1. The Morgan fingerprint density at radius 1 is 1.29 bits per heavy atom. The van der Waals surface area contributed by atoms with E-state index in [2.05, 4.69) is 0 Å². The van der Waals surface area contributed by atoms with Gasteiger partial charge in [-0.1, -0.05) is 18.2 Å². The molecule has 0 heterocycles. The Labute approximate surface area is 85.9 Å². The van der Waals surface area contributed by atoms with Gasteiger partial charge in [-0.3, -0.25) is 9.35 Å². The molecule has 0 atom stereocenters. The summed E-state index contributed by atoms with van der Waals surface area (Å²) in [4.78, 5) is 11.2. The molecule has 0 aliphatic heterocycles. The minimum atomic E-state index is -4.70. The van der Waals surface area contributed by atoms with Crippen LogP contribution in [0.1, 0.15) is 10.4 Å². The van der Waals surface area contributed by atoms with Crippen molar-refractivity contribution in [3.05, 3.63) is 35.9 Å². The number of carbonyl (C=O) groups is 1. The molecule has 1 amide bonds. The van der Waals surface area contributed by atoms with Crippen molar-refractivity contribution in [1.29, 1.82) is 0 Å². The highest BCUT2D eigenvalue weighted by Crippen LogP contribution is 2.10. The van der Waals surface area contributed by atoms with E-state index in [0.717, 1.165) is 0 Å². The molecule has 1 aromatic carbocycles. The van der Waals surface area contributed by atoms with Gasteiger partial charge in [0.25, 0.3) is 5.91 Å². The van der Waals surface area contributed by atoms with Gasteiger partial charge in [0.1, 0.15) is 0 Å². The zero-order valence-electron chi connectivity index (χ0n) is 6.79. The van der Waals surface area contributed by atoms with Gasteiger partial charge in [-0.15, -0.1) is 3.82 Å². The summed E-state index contributed by atoms with van der Waals surface area (Å²) in [5, 5.41) is 0. The average Bonchev–Trinajstić information content (AvgIpc) is 2.15. The van der Waals surface area contributed by atoms with Gasteiger partial charge >= 0.3 is 10.3 Å². The fourth-order valence-corrected chi connectivity index (χ4v) is 1.20. The van der Waals surface area contributed by atoms with Crippen LogP contribution in [0.4, 0.5) is 0 Å². The van der Waals surface area contributed by atoms with Crippen molar-refractivity contribution in [1.82, 2.24) is 3.82 Å². The van der Waals surface area contributed by atoms with Gasteiger partial charge in [-0.25, -0.2) is 0 Å². The number of hydrogen-bond donors (Lipinski definition) is 1. The number of benzene rings is 1. The minimum absolute atomic E-state index is 0.0696. The summed E-state index contributed by atoms with van der Waals surface area (Å²) in [5.41, 5.74) is 0.0696. The lowest BCUT2D eigenvalue weighted by molar-refractivity contribution is 0.0917. The Morgan fingerprint density at radius 3 is 2.21 bits per heavy atom. The summed E-state index contributed by atoms with van der Waals surface area (Å²) in [6, 6.07) is 7.50. The number of rotatable bonds is 2. The van der Waals surface area contributed by atoms with Crippen LogP contribution in [0, 0.1) is 0 Å². The number of carbonyl (C=O) groups excluding carboxylic acids is 1. The highest BCUT2D eigenvalue weighted by molar-refractivity contribution is 7.85. The van der Waals surface area contributed by atoms with Crippen LogP contribution in [-0.4, -0.2) is 22.7 Å². The number of halogens is 1. The second-order valence-electron chi connectivity index (χ2n) is 2.36. The van der Waals surface area contributed by atoms with E-state index in [1.54, 1.807) is 18.2 Å². The van der Waals surface area contributed by atoms with Crippen LogP contribution in [0.5, 0.6) is 0 Å². The molecule has 5 nitrogen and oxygen atoms in total. The fourth-order valence-electron chi connectivity index (χ4n) is 0.787. The Bertz CT molecular complexity index is 430. The van der Waals surface area contributed by atoms with E-state index in [1.807, 2.05) is 0 Å². The molecule has 0 aromatic heterocycles. The Kier molecular flexibility index (Phi) is 3.10. The van der Waals surface area contributed by atoms with Crippen molar-refractivity contribution < 1.29 is 17.8 Å². The monoisotopic (exact) mass is 235 g/mol. The third-order valence-electron chi connectivity index (χ3n) is 1.38. The molecule has 7 heteroatoms. The van der Waals surface area contributed by atoms with Crippen LogP contribution in [0.25, 0.3) is 0 Å². The Balaban J connectivity index is 2.99. The standard InChI is InChI=1S/C7H6ClNO4S/c8-9(14(11,12)13)7(10)6-4-2-1-3-5-6/h1-5H,(H,11,12,13). The Morgan fingerprint density at radius 2 is 1.79 bits per heavy atom. The molecule has 0 aliphatic carbocycles. The molecule has 0 aliphatic rings. The number of amides is 1. The quantitative estimate of drug-likeness (QED) is 0.615. The summed E-state index contributed by atoms with van der Waals surface area (Å²) in [6.45, 7) is 0. The van der Waals surface area contributed by atoms with Crippen molar-refractivity contribution >= 4 is 28.0 Å². The van der Waals surface area contributed by atoms with E-state index in [4.69, 9.17) is 16.3 Å². The molecule has 1 rings (SSSR count). The van der Waals surface area contributed by atoms with E-state index < -0.39 is 16.2 Å². The second kappa shape index (κ2) is 3.95. The molecule has 0 fully saturated rings. The van der Waals surface area contributed by atoms with Crippen molar-refractivity contribution in [2.24, 2.45) is 0 Å².